The van der Waals surface area contributed by atoms with E-state index in [2.05, 4.69) is 16.0 Å². The Morgan fingerprint density at radius 3 is 2.83 bits per heavy atom. The minimum Gasteiger partial charge on any atom is -0.350 e. The number of fused-ring (bicyclic) bond motifs is 1. The van der Waals surface area contributed by atoms with Gasteiger partial charge in [0.25, 0.3) is 0 Å². The van der Waals surface area contributed by atoms with E-state index in [1.54, 1.807) is 12.1 Å². The summed E-state index contributed by atoms with van der Waals surface area (Å²) in [7, 11) is 0. The van der Waals surface area contributed by atoms with E-state index in [0.29, 0.717) is 10.7 Å². The second-order valence-electron chi connectivity index (χ2n) is 6.39. The second kappa shape index (κ2) is 6.89. The number of hydrogen-bond donors (Lipinski definition) is 3. The number of anilines is 1. The van der Waals surface area contributed by atoms with Crippen LogP contribution < -0.4 is 16.0 Å². The molecule has 3 atom stereocenters. The van der Waals surface area contributed by atoms with Gasteiger partial charge in [0, 0.05) is 22.8 Å². The molecule has 2 aliphatic rings. The third-order valence-electron chi connectivity index (χ3n) is 4.76. The van der Waals surface area contributed by atoms with Crippen LogP contribution in [0.3, 0.4) is 0 Å². The van der Waals surface area contributed by atoms with Crippen LogP contribution in [0.15, 0.2) is 18.2 Å². The first kappa shape index (κ1) is 16.3. The van der Waals surface area contributed by atoms with Crippen LogP contribution in [0.1, 0.15) is 37.7 Å². The average Bonchev–Trinajstić information content (AvgIpc) is 2.52. The summed E-state index contributed by atoms with van der Waals surface area (Å²) in [5, 5.41) is 9.86. The first-order valence-electron chi connectivity index (χ1n) is 8.16. The summed E-state index contributed by atoms with van der Waals surface area (Å²) in [5.41, 5.74) is 1.52. The minimum absolute atomic E-state index is 0.0777. The van der Waals surface area contributed by atoms with Crippen LogP contribution in [0, 0.1) is 6.92 Å². The average molecular weight is 336 g/mol. The SMILES string of the molecule is Cc1c(Cl)cccc1NC(=O)C[C@@H]1N[C@H]2CCCC[C@@H]2NC1=O. The summed E-state index contributed by atoms with van der Waals surface area (Å²) in [6.07, 6.45) is 4.52. The summed E-state index contributed by atoms with van der Waals surface area (Å²) in [5.74, 6) is -0.261. The summed E-state index contributed by atoms with van der Waals surface area (Å²) in [4.78, 5) is 24.5. The summed E-state index contributed by atoms with van der Waals surface area (Å²) < 4.78 is 0. The fourth-order valence-corrected chi connectivity index (χ4v) is 3.58. The Labute approximate surface area is 141 Å². The van der Waals surface area contributed by atoms with Gasteiger partial charge in [0.15, 0.2) is 0 Å². The zero-order valence-corrected chi connectivity index (χ0v) is 14.0. The van der Waals surface area contributed by atoms with Gasteiger partial charge in [-0.1, -0.05) is 30.5 Å². The summed E-state index contributed by atoms with van der Waals surface area (Å²) in [6, 6.07) is 5.42. The summed E-state index contributed by atoms with van der Waals surface area (Å²) >= 11 is 6.06. The Kier molecular flexibility index (Phi) is 4.87. The van der Waals surface area contributed by atoms with Crippen LogP contribution in [0.25, 0.3) is 0 Å². The van der Waals surface area contributed by atoms with Crippen molar-refractivity contribution in [3.63, 3.8) is 0 Å². The molecule has 1 heterocycles. The molecule has 124 valence electrons. The second-order valence-corrected chi connectivity index (χ2v) is 6.80. The fraction of sp³-hybridized carbons (Fsp3) is 0.529. The molecule has 3 N–H and O–H groups in total. The number of piperazine rings is 1. The lowest BCUT2D eigenvalue weighted by Gasteiger charge is -2.40. The number of carbonyl (C=O) groups excluding carboxylic acids is 2. The van der Waals surface area contributed by atoms with Crippen LogP contribution in [-0.4, -0.2) is 29.9 Å². The predicted molar refractivity (Wildman–Crippen MR) is 90.5 cm³/mol. The first-order chi connectivity index (χ1) is 11.0. The molecule has 0 unspecified atom stereocenters. The van der Waals surface area contributed by atoms with Crippen molar-refractivity contribution < 1.29 is 9.59 Å². The van der Waals surface area contributed by atoms with E-state index >= 15 is 0 Å². The highest BCUT2D eigenvalue weighted by Gasteiger charge is 2.36. The van der Waals surface area contributed by atoms with Crippen molar-refractivity contribution in [1.82, 2.24) is 10.6 Å². The van der Waals surface area contributed by atoms with E-state index in [1.807, 2.05) is 13.0 Å². The number of halogens is 1. The maximum absolute atomic E-state index is 12.3. The van der Waals surface area contributed by atoms with Crippen LogP contribution in [-0.2, 0) is 9.59 Å². The molecule has 3 rings (SSSR count). The molecule has 1 aromatic carbocycles. The molecule has 1 aliphatic heterocycles. The molecular weight excluding hydrogens is 314 g/mol. The van der Waals surface area contributed by atoms with Gasteiger partial charge in [-0.2, -0.15) is 0 Å². The van der Waals surface area contributed by atoms with Crippen LogP contribution >= 0.6 is 11.6 Å². The number of nitrogens with one attached hydrogen (secondary N) is 3. The van der Waals surface area contributed by atoms with Gasteiger partial charge < -0.3 is 16.0 Å². The van der Waals surface area contributed by atoms with Crippen molar-refractivity contribution in [3.05, 3.63) is 28.8 Å². The van der Waals surface area contributed by atoms with E-state index in [9.17, 15) is 9.59 Å². The highest BCUT2D eigenvalue weighted by atomic mass is 35.5. The molecule has 1 aliphatic carbocycles. The van der Waals surface area contributed by atoms with Gasteiger partial charge in [0.1, 0.15) is 0 Å². The number of rotatable bonds is 3. The van der Waals surface area contributed by atoms with Gasteiger partial charge in [0.05, 0.1) is 12.5 Å². The van der Waals surface area contributed by atoms with Gasteiger partial charge in [-0.3, -0.25) is 9.59 Å². The van der Waals surface area contributed by atoms with E-state index in [0.717, 1.165) is 24.8 Å². The van der Waals surface area contributed by atoms with Crippen LogP contribution in [0.4, 0.5) is 5.69 Å². The predicted octanol–water partition coefficient (Wildman–Crippen LogP) is 2.38. The monoisotopic (exact) mass is 335 g/mol. The topological polar surface area (TPSA) is 70.2 Å². The summed E-state index contributed by atoms with van der Waals surface area (Å²) in [6.45, 7) is 1.86. The van der Waals surface area contributed by atoms with Gasteiger partial charge in [-0.15, -0.1) is 0 Å². The Morgan fingerprint density at radius 2 is 2.04 bits per heavy atom. The minimum atomic E-state index is -0.464. The third kappa shape index (κ3) is 3.67. The van der Waals surface area contributed by atoms with E-state index in [-0.39, 0.29) is 30.3 Å². The van der Waals surface area contributed by atoms with Crippen molar-refractivity contribution in [2.24, 2.45) is 0 Å². The van der Waals surface area contributed by atoms with Gasteiger partial charge in [-0.05, 0) is 37.5 Å². The lowest BCUT2D eigenvalue weighted by atomic mass is 9.87. The van der Waals surface area contributed by atoms with E-state index in [4.69, 9.17) is 11.6 Å². The molecule has 0 bridgehead atoms. The number of amides is 2. The fourth-order valence-electron chi connectivity index (χ4n) is 3.40. The van der Waals surface area contributed by atoms with Crippen LogP contribution in [0.5, 0.6) is 0 Å². The lowest BCUT2D eigenvalue weighted by Crippen LogP contribution is -2.65. The Bertz CT molecular complexity index is 620. The highest BCUT2D eigenvalue weighted by molar-refractivity contribution is 6.31. The molecule has 0 aromatic heterocycles. The zero-order chi connectivity index (χ0) is 16.4. The van der Waals surface area contributed by atoms with Crippen molar-refractivity contribution in [2.45, 2.75) is 57.2 Å². The maximum Gasteiger partial charge on any atom is 0.237 e. The van der Waals surface area contributed by atoms with Crippen molar-refractivity contribution in [2.75, 3.05) is 5.32 Å². The number of hydrogen-bond acceptors (Lipinski definition) is 3. The quantitative estimate of drug-likeness (QED) is 0.794. The highest BCUT2D eigenvalue weighted by Crippen LogP contribution is 2.24. The smallest absolute Gasteiger partial charge is 0.237 e. The van der Waals surface area contributed by atoms with Gasteiger partial charge in [-0.25, -0.2) is 0 Å². The Balaban J connectivity index is 1.61. The Morgan fingerprint density at radius 1 is 1.30 bits per heavy atom. The standard InChI is InChI=1S/C17H22ClN3O2/c1-10-11(18)5-4-8-12(10)20-16(22)9-15-17(23)21-14-7-3-2-6-13(14)19-15/h4-5,8,13-15,19H,2-3,6-7,9H2,1H3,(H,20,22)(H,21,23)/t13-,14-,15-/m0/s1. The largest absolute Gasteiger partial charge is 0.350 e. The molecule has 5 nitrogen and oxygen atoms in total. The zero-order valence-electron chi connectivity index (χ0n) is 13.2. The van der Waals surface area contributed by atoms with E-state index < -0.39 is 6.04 Å². The third-order valence-corrected chi connectivity index (χ3v) is 5.17. The van der Waals surface area contributed by atoms with Gasteiger partial charge >= 0.3 is 0 Å². The number of benzene rings is 1. The molecule has 23 heavy (non-hydrogen) atoms. The van der Waals surface area contributed by atoms with Crippen molar-refractivity contribution in [1.29, 1.82) is 0 Å². The molecule has 0 spiro atoms. The molecule has 1 aromatic rings. The van der Waals surface area contributed by atoms with Crippen LogP contribution in [0.2, 0.25) is 5.02 Å². The van der Waals surface area contributed by atoms with Crippen molar-refractivity contribution in [3.8, 4) is 0 Å². The lowest BCUT2D eigenvalue weighted by molar-refractivity contribution is -0.129. The molecular formula is C17H22ClN3O2. The first-order valence-corrected chi connectivity index (χ1v) is 8.54. The molecule has 1 saturated carbocycles. The molecule has 1 saturated heterocycles. The molecule has 2 amide bonds. The number of carbonyl (C=O) groups is 2. The molecule has 2 fully saturated rings. The maximum atomic E-state index is 12.3. The Hall–Kier alpha value is -1.59. The van der Waals surface area contributed by atoms with Crippen molar-refractivity contribution >= 4 is 29.1 Å². The normalized spacial score (nSPS) is 27.0. The van der Waals surface area contributed by atoms with E-state index in [1.165, 1.54) is 6.42 Å². The van der Waals surface area contributed by atoms with Gasteiger partial charge in [0.2, 0.25) is 11.8 Å². The molecule has 6 heteroatoms. The molecule has 0 radical (unpaired) electrons.